The predicted molar refractivity (Wildman–Crippen MR) is 64.4 cm³/mol. The summed E-state index contributed by atoms with van der Waals surface area (Å²) in [4.78, 5) is 23.9. The Balaban J connectivity index is 2.93. The maximum atomic E-state index is 11.3. The Morgan fingerprint density at radius 1 is 1.11 bits per heavy atom. The van der Waals surface area contributed by atoms with Gasteiger partial charge < -0.3 is 19.5 Å². The molecule has 1 aromatic carbocycles. The Hall–Kier alpha value is -2.24. The number of carbonyl (C=O) groups is 2. The maximum absolute atomic E-state index is 11.3. The Morgan fingerprint density at radius 3 is 2.06 bits per heavy atom. The minimum Gasteiger partial charge on any atom is -0.506 e. The highest BCUT2D eigenvalue weighted by Crippen LogP contribution is 2.26. The second-order valence-corrected chi connectivity index (χ2v) is 3.50. The zero-order valence-corrected chi connectivity index (χ0v) is 10.3. The van der Waals surface area contributed by atoms with Gasteiger partial charge in [0.05, 0.1) is 19.9 Å². The Kier molecular flexibility index (Phi) is 4.98. The van der Waals surface area contributed by atoms with Crippen molar-refractivity contribution >= 4 is 17.6 Å². The van der Waals surface area contributed by atoms with E-state index in [-0.39, 0.29) is 18.8 Å². The molecule has 6 heteroatoms. The van der Waals surface area contributed by atoms with Gasteiger partial charge in [0.1, 0.15) is 18.8 Å². The van der Waals surface area contributed by atoms with Crippen LogP contribution in [0.3, 0.4) is 0 Å². The van der Waals surface area contributed by atoms with Crippen LogP contribution in [0, 0.1) is 0 Å². The van der Waals surface area contributed by atoms with E-state index in [0.717, 1.165) is 0 Å². The van der Waals surface area contributed by atoms with Crippen LogP contribution in [-0.4, -0.2) is 44.4 Å². The standard InChI is InChI=1S/C12H15NO5/c1-17-11(15)7-13(8-12(16)18-2)9-5-3-4-6-10(9)14/h3-6,14H,7-8H2,1-2H3. The van der Waals surface area contributed by atoms with E-state index >= 15 is 0 Å². The van der Waals surface area contributed by atoms with Crippen molar-refractivity contribution in [3.8, 4) is 5.75 Å². The van der Waals surface area contributed by atoms with Gasteiger partial charge in [0.25, 0.3) is 0 Å². The van der Waals surface area contributed by atoms with Crippen molar-refractivity contribution < 1.29 is 24.2 Å². The highest BCUT2D eigenvalue weighted by atomic mass is 16.5. The van der Waals surface area contributed by atoms with E-state index in [1.165, 1.54) is 25.2 Å². The highest BCUT2D eigenvalue weighted by Gasteiger charge is 2.18. The quantitative estimate of drug-likeness (QED) is 0.772. The number of methoxy groups -OCH3 is 2. The van der Waals surface area contributed by atoms with Crippen LogP contribution in [0.2, 0.25) is 0 Å². The largest absolute Gasteiger partial charge is 0.506 e. The van der Waals surface area contributed by atoms with Gasteiger partial charge in [-0.25, -0.2) is 0 Å². The molecule has 1 N–H and O–H groups in total. The van der Waals surface area contributed by atoms with Gasteiger partial charge in [-0.2, -0.15) is 0 Å². The van der Waals surface area contributed by atoms with Crippen molar-refractivity contribution in [3.63, 3.8) is 0 Å². The monoisotopic (exact) mass is 253 g/mol. The van der Waals surface area contributed by atoms with Crippen LogP contribution >= 0.6 is 0 Å². The third-order valence-electron chi connectivity index (χ3n) is 2.32. The van der Waals surface area contributed by atoms with Crippen LogP contribution in [-0.2, 0) is 19.1 Å². The number of aromatic hydroxyl groups is 1. The molecule has 0 fully saturated rings. The normalized spacial score (nSPS) is 9.67. The number of phenols is 1. The lowest BCUT2D eigenvalue weighted by atomic mass is 10.2. The fourth-order valence-corrected chi connectivity index (χ4v) is 1.40. The van der Waals surface area contributed by atoms with Gasteiger partial charge in [0.15, 0.2) is 0 Å². The molecule has 6 nitrogen and oxygen atoms in total. The number of hydrogen-bond donors (Lipinski definition) is 1. The molecule has 0 heterocycles. The van der Waals surface area contributed by atoms with Gasteiger partial charge in [0, 0.05) is 0 Å². The predicted octanol–water partition coefficient (Wildman–Crippen LogP) is 0.545. The van der Waals surface area contributed by atoms with Crippen molar-refractivity contribution in [1.82, 2.24) is 0 Å². The molecule has 0 aliphatic carbocycles. The van der Waals surface area contributed by atoms with Crippen molar-refractivity contribution in [2.75, 3.05) is 32.2 Å². The Labute approximate surface area is 105 Å². The van der Waals surface area contributed by atoms with Gasteiger partial charge in [-0.1, -0.05) is 12.1 Å². The van der Waals surface area contributed by atoms with Crippen LogP contribution in [0.5, 0.6) is 5.75 Å². The molecular weight excluding hydrogens is 238 g/mol. The van der Waals surface area contributed by atoms with E-state index in [1.807, 2.05) is 0 Å². The van der Waals surface area contributed by atoms with Gasteiger partial charge >= 0.3 is 11.9 Å². The minimum atomic E-state index is -0.512. The van der Waals surface area contributed by atoms with Crippen molar-refractivity contribution in [2.45, 2.75) is 0 Å². The van der Waals surface area contributed by atoms with Gasteiger partial charge in [-0.15, -0.1) is 0 Å². The van der Waals surface area contributed by atoms with Crippen LogP contribution in [0.25, 0.3) is 0 Å². The first kappa shape index (κ1) is 13.8. The van der Waals surface area contributed by atoms with E-state index in [0.29, 0.717) is 5.69 Å². The molecule has 0 atom stereocenters. The summed E-state index contributed by atoms with van der Waals surface area (Å²) in [5, 5.41) is 9.71. The first-order valence-electron chi connectivity index (χ1n) is 5.25. The second-order valence-electron chi connectivity index (χ2n) is 3.50. The third-order valence-corrected chi connectivity index (χ3v) is 2.32. The lowest BCUT2D eigenvalue weighted by Gasteiger charge is -2.22. The van der Waals surface area contributed by atoms with Crippen molar-refractivity contribution in [3.05, 3.63) is 24.3 Å². The average Bonchev–Trinajstić information content (AvgIpc) is 2.38. The SMILES string of the molecule is COC(=O)CN(CC(=O)OC)c1ccccc1O. The Morgan fingerprint density at radius 2 is 1.61 bits per heavy atom. The van der Waals surface area contributed by atoms with E-state index in [1.54, 1.807) is 18.2 Å². The van der Waals surface area contributed by atoms with Gasteiger partial charge in [-0.05, 0) is 12.1 Å². The third kappa shape index (κ3) is 3.65. The topological polar surface area (TPSA) is 76.1 Å². The summed E-state index contributed by atoms with van der Waals surface area (Å²) in [6.45, 7) is -0.299. The number of hydrogen-bond acceptors (Lipinski definition) is 6. The second kappa shape index (κ2) is 6.48. The summed E-state index contributed by atoms with van der Waals surface area (Å²) in [5.41, 5.74) is 0.369. The first-order valence-corrected chi connectivity index (χ1v) is 5.25. The molecule has 98 valence electrons. The van der Waals surface area contributed by atoms with E-state index in [9.17, 15) is 14.7 Å². The maximum Gasteiger partial charge on any atom is 0.325 e. The molecule has 0 aromatic heterocycles. The van der Waals surface area contributed by atoms with Crippen molar-refractivity contribution in [2.24, 2.45) is 0 Å². The number of benzene rings is 1. The van der Waals surface area contributed by atoms with Crippen LogP contribution in [0.15, 0.2) is 24.3 Å². The number of ether oxygens (including phenoxy) is 2. The molecule has 0 unspecified atom stereocenters. The highest BCUT2D eigenvalue weighted by molar-refractivity contribution is 5.82. The number of rotatable bonds is 5. The fourth-order valence-electron chi connectivity index (χ4n) is 1.40. The lowest BCUT2D eigenvalue weighted by molar-refractivity contribution is -0.140. The van der Waals surface area contributed by atoms with Crippen LogP contribution in [0.1, 0.15) is 0 Å². The smallest absolute Gasteiger partial charge is 0.325 e. The molecule has 0 saturated carbocycles. The summed E-state index contributed by atoms with van der Waals surface area (Å²) in [7, 11) is 2.51. The Bertz CT molecular complexity index is 414. The molecule has 18 heavy (non-hydrogen) atoms. The lowest BCUT2D eigenvalue weighted by Crippen LogP contribution is -2.35. The average molecular weight is 253 g/mol. The molecule has 0 amide bonds. The summed E-state index contributed by atoms with van der Waals surface area (Å²) < 4.78 is 9.09. The molecule has 0 aliphatic rings. The molecule has 0 radical (unpaired) electrons. The summed E-state index contributed by atoms with van der Waals surface area (Å²) in [6.07, 6.45) is 0. The number of nitrogens with zero attached hydrogens (tertiary/aromatic N) is 1. The van der Waals surface area contributed by atoms with Gasteiger partial charge in [-0.3, -0.25) is 9.59 Å². The molecule has 0 saturated heterocycles. The molecule has 0 aliphatic heterocycles. The zero-order valence-electron chi connectivity index (χ0n) is 10.3. The molecule has 1 aromatic rings. The number of anilines is 1. The first-order chi connectivity index (χ1) is 8.58. The zero-order chi connectivity index (χ0) is 13.5. The fraction of sp³-hybridized carbons (Fsp3) is 0.333. The van der Waals surface area contributed by atoms with Crippen molar-refractivity contribution in [1.29, 1.82) is 0 Å². The van der Waals surface area contributed by atoms with E-state index in [2.05, 4.69) is 9.47 Å². The van der Waals surface area contributed by atoms with Gasteiger partial charge in [0.2, 0.25) is 0 Å². The van der Waals surface area contributed by atoms with Crippen LogP contribution < -0.4 is 4.90 Å². The molecule has 0 bridgehead atoms. The number of carbonyl (C=O) groups excluding carboxylic acids is 2. The summed E-state index contributed by atoms with van der Waals surface area (Å²) in [5.74, 6) is -1.05. The van der Waals surface area contributed by atoms with E-state index < -0.39 is 11.9 Å². The summed E-state index contributed by atoms with van der Waals surface area (Å²) in [6, 6.07) is 6.40. The minimum absolute atomic E-state index is 0.0229. The number of esters is 2. The number of para-hydroxylation sites is 2. The van der Waals surface area contributed by atoms with Crippen LogP contribution in [0.4, 0.5) is 5.69 Å². The summed E-state index contributed by atoms with van der Waals surface area (Å²) >= 11 is 0. The molecular formula is C12H15NO5. The molecule has 1 rings (SSSR count). The molecule has 0 spiro atoms. The van der Waals surface area contributed by atoms with E-state index in [4.69, 9.17) is 0 Å². The number of phenolic OH excluding ortho intramolecular Hbond substituents is 1.